The Bertz CT molecular complexity index is 421. The fourth-order valence-electron chi connectivity index (χ4n) is 0.923. The van der Waals surface area contributed by atoms with Crippen LogP contribution in [0.3, 0.4) is 0 Å². The van der Waals surface area contributed by atoms with Gasteiger partial charge in [0.25, 0.3) is 0 Å². The number of nitrogens with zero attached hydrogens (tertiary/aromatic N) is 1. The molecule has 0 aliphatic carbocycles. The Hall–Kier alpha value is -1.13. The van der Waals surface area contributed by atoms with Gasteiger partial charge < -0.3 is 4.42 Å². The number of hydrogen-bond donors (Lipinski definition) is 0. The van der Waals surface area contributed by atoms with Crippen LogP contribution in [0.15, 0.2) is 28.2 Å². The summed E-state index contributed by atoms with van der Waals surface area (Å²) in [6, 6.07) is 3.18. The van der Waals surface area contributed by atoms with E-state index >= 15 is 0 Å². The Kier molecular flexibility index (Phi) is 2.16. The van der Waals surface area contributed by atoms with Crippen molar-refractivity contribution in [3.63, 3.8) is 0 Å². The third-order valence-electron chi connectivity index (χ3n) is 1.53. The maximum absolute atomic E-state index is 11.6. The zero-order valence-corrected chi connectivity index (χ0v) is 7.93. The van der Waals surface area contributed by atoms with Crippen molar-refractivity contribution < 1.29 is 9.21 Å². The van der Waals surface area contributed by atoms with Gasteiger partial charge in [0.05, 0.1) is 11.8 Å². The number of furan rings is 1. The summed E-state index contributed by atoms with van der Waals surface area (Å²) in [5.74, 6) is -0.208. The summed E-state index contributed by atoms with van der Waals surface area (Å²) < 4.78 is 8.71. The fraction of sp³-hybridized carbons (Fsp3) is 0. The normalized spacial score (nSPS) is 10.2. The third kappa shape index (κ3) is 1.50. The highest BCUT2D eigenvalue weighted by atomic mass is 35.5. The van der Waals surface area contributed by atoms with E-state index in [2.05, 4.69) is 4.37 Å². The molecule has 0 saturated heterocycles. The molecule has 0 bridgehead atoms. The van der Waals surface area contributed by atoms with Crippen LogP contribution in [-0.4, -0.2) is 10.2 Å². The van der Waals surface area contributed by atoms with Crippen LogP contribution in [0.25, 0.3) is 0 Å². The first-order valence-corrected chi connectivity index (χ1v) is 4.68. The molecular weight excluding hydrogens is 210 g/mol. The smallest absolute Gasteiger partial charge is 0.217 e. The Morgan fingerprint density at radius 3 is 2.92 bits per heavy atom. The van der Waals surface area contributed by atoms with Crippen LogP contribution in [0.4, 0.5) is 0 Å². The molecule has 0 atom stereocenters. The number of aromatic nitrogens is 1. The van der Waals surface area contributed by atoms with Gasteiger partial charge in [-0.1, -0.05) is 0 Å². The summed E-state index contributed by atoms with van der Waals surface area (Å²) >= 11 is 6.87. The summed E-state index contributed by atoms with van der Waals surface area (Å²) in [4.78, 5) is 11.6. The molecule has 2 aromatic heterocycles. The van der Waals surface area contributed by atoms with Gasteiger partial charge in [0.15, 0.2) is 0 Å². The second-order valence-electron chi connectivity index (χ2n) is 2.32. The predicted molar refractivity (Wildman–Crippen MR) is 49.3 cm³/mol. The minimum atomic E-state index is -0.208. The third-order valence-corrected chi connectivity index (χ3v) is 2.39. The lowest BCUT2D eigenvalue weighted by Gasteiger charge is -1.91. The molecule has 0 saturated carbocycles. The highest BCUT2D eigenvalue weighted by Gasteiger charge is 2.16. The van der Waals surface area contributed by atoms with Gasteiger partial charge in [0, 0.05) is 5.38 Å². The van der Waals surface area contributed by atoms with E-state index < -0.39 is 0 Å². The summed E-state index contributed by atoms with van der Waals surface area (Å²) in [5.41, 5.74) is 0.751. The van der Waals surface area contributed by atoms with E-state index in [-0.39, 0.29) is 11.0 Å². The lowest BCUT2D eigenvalue weighted by atomic mass is 10.2. The zero-order valence-electron chi connectivity index (χ0n) is 6.36. The summed E-state index contributed by atoms with van der Waals surface area (Å²) in [5, 5.41) is 1.85. The second-order valence-corrected chi connectivity index (χ2v) is 3.33. The monoisotopic (exact) mass is 213 g/mol. The molecule has 0 aliphatic heterocycles. The lowest BCUT2D eigenvalue weighted by molar-refractivity contribution is 0.103. The van der Waals surface area contributed by atoms with E-state index in [0.29, 0.717) is 11.3 Å². The molecule has 3 nitrogen and oxygen atoms in total. The van der Waals surface area contributed by atoms with Crippen LogP contribution in [0.5, 0.6) is 0 Å². The topological polar surface area (TPSA) is 43.1 Å². The van der Waals surface area contributed by atoms with Gasteiger partial charge in [-0.2, -0.15) is 4.37 Å². The highest BCUT2D eigenvalue weighted by Crippen LogP contribution is 2.19. The van der Waals surface area contributed by atoms with Gasteiger partial charge in [-0.15, -0.1) is 0 Å². The van der Waals surface area contributed by atoms with Crippen molar-refractivity contribution in [2.75, 3.05) is 0 Å². The molecule has 5 heteroatoms. The predicted octanol–water partition coefficient (Wildman–Crippen LogP) is 2.62. The van der Waals surface area contributed by atoms with Crippen molar-refractivity contribution in [1.82, 2.24) is 4.37 Å². The zero-order chi connectivity index (χ0) is 9.26. The van der Waals surface area contributed by atoms with E-state index in [9.17, 15) is 4.79 Å². The first-order chi connectivity index (χ1) is 6.29. The van der Waals surface area contributed by atoms with Gasteiger partial charge in [-0.25, -0.2) is 0 Å². The summed E-state index contributed by atoms with van der Waals surface area (Å²) in [6.45, 7) is 0. The maximum atomic E-state index is 11.6. The quantitative estimate of drug-likeness (QED) is 0.721. The van der Waals surface area contributed by atoms with Crippen molar-refractivity contribution in [2.24, 2.45) is 0 Å². The number of ketones is 1. The van der Waals surface area contributed by atoms with Gasteiger partial charge >= 0.3 is 0 Å². The summed E-state index contributed by atoms with van der Waals surface area (Å²) in [6.07, 6.45) is 1.38. The molecule has 0 N–H and O–H groups in total. The molecule has 0 aliphatic rings. The van der Waals surface area contributed by atoms with Gasteiger partial charge in [-0.3, -0.25) is 4.79 Å². The first-order valence-electron chi connectivity index (χ1n) is 3.47. The standard InChI is InChI=1S/C8H4ClNO2S/c9-8-5(1-3-12-8)7(11)6-2-4-13-10-6/h1-4H. The number of halogens is 1. The molecule has 0 unspecified atom stereocenters. The lowest BCUT2D eigenvalue weighted by Crippen LogP contribution is -1.99. The fourth-order valence-corrected chi connectivity index (χ4v) is 1.63. The van der Waals surface area contributed by atoms with Crippen LogP contribution in [0, 0.1) is 0 Å². The Labute approximate surface area is 83.1 Å². The molecule has 0 fully saturated rings. The molecule has 13 heavy (non-hydrogen) atoms. The van der Waals surface area contributed by atoms with Crippen LogP contribution in [0.2, 0.25) is 5.22 Å². The molecule has 0 amide bonds. The van der Waals surface area contributed by atoms with Gasteiger partial charge in [0.2, 0.25) is 11.0 Å². The van der Waals surface area contributed by atoms with Crippen molar-refractivity contribution in [3.05, 3.63) is 40.3 Å². The second kappa shape index (κ2) is 3.32. The van der Waals surface area contributed by atoms with Crippen LogP contribution < -0.4 is 0 Å². The molecule has 0 radical (unpaired) electrons. The molecule has 2 aromatic rings. The van der Waals surface area contributed by atoms with Crippen molar-refractivity contribution in [2.45, 2.75) is 0 Å². The molecular formula is C8H4ClNO2S. The number of hydrogen-bond acceptors (Lipinski definition) is 4. The van der Waals surface area contributed by atoms with Gasteiger partial charge in [0.1, 0.15) is 5.69 Å². The average molecular weight is 214 g/mol. The molecule has 66 valence electrons. The highest BCUT2D eigenvalue weighted by molar-refractivity contribution is 7.03. The van der Waals surface area contributed by atoms with Gasteiger partial charge in [-0.05, 0) is 35.3 Å². The molecule has 0 aromatic carbocycles. The van der Waals surface area contributed by atoms with E-state index in [1.807, 2.05) is 0 Å². The van der Waals surface area contributed by atoms with Crippen LogP contribution >= 0.6 is 23.1 Å². The van der Waals surface area contributed by atoms with E-state index in [0.717, 1.165) is 0 Å². The number of rotatable bonds is 2. The van der Waals surface area contributed by atoms with Crippen molar-refractivity contribution in [1.29, 1.82) is 0 Å². The largest absolute Gasteiger partial charge is 0.452 e. The van der Waals surface area contributed by atoms with Crippen LogP contribution in [-0.2, 0) is 0 Å². The number of carbonyl (C=O) groups is 1. The first kappa shape index (κ1) is 8.47. The Morgan fingerprint density at radius 1 is 1.54 bits per heavy atom. The van der Waals surface area contributed by atoms with E-state index in [1.165, 1.54) is 23.9 Å². The summed E-state index contributed by atoms with van der Waals surface area (Å²) in [7, 11) is 0. The average Bonchev–Trinajstić information content (AvgIpc) is 2.72. The maximum Gasteiger partial charge on any atom is 0.217 e. The minimum absolute atomic E-state index is 0.109. The number of carbonyl (C=O) groups excluding carboxylic acids is 1. The van der Waals surface area contributed by atoms with Crippen molar-refractivity contribution >= 4 is 28.9 Å². The van der Waals surface area contributed by atoms with E-state index in [4.69, 9.17) is 16.0 Å². The Morgan fingerprint density at radius 2 is 2.38 bits per heavy atom. The molecule has 0 spiro atoms. The molecule has 2 heterocycles. The Balaban J connectivity index is 2.39. The minimum Gasteiger partial charge on any atom is -0.452 e. The molecule has 2 rings (SSSR count). The van der Waals surface area contributed by atoms with E-state index in [1.54, 1.807) is 11.4 Å². The van der Waals surface area contributed by atoms with Crippen LogP contribution in [0.1, 0.15) is 16.1 Å². The van der Waals surface area contributed by atoms with Crippen molar-refractivity contribution in [3.8, 4) is 0 Å². The SMILES string of the molecule is O=C(c1ccsn1)c1ccoc1Cl.